The van der Waals surface area contributed by atoms with Gasteiger partial charge < -0.3 is 14.5 Å². The first-order valence-corrected chi connectivity index (χ1v) is 7.24. The van der Waals surface area contributed by atoms with Crippen molar-refractivity contribution < 1.29 is 18.3 Å². The number of halogens is 2. The van der Waals surface area contributed by atoms with Crippen LogP contribution in [-0.2, 0) is 4.74 Å². The minimum absolute atomic E-state index is 0.0179. The van der Waals surface area contributed by atoms with Gasteiger partial charge in [-0.3, -0.25) is 0 Å². The van der Waals surface area contributed by atoms with Crippen LogP contribution in [0.2, 0.25) is 0 Å². The van der Waals surface area contributed by atoms with E-state index in [4.69, 9.17) is 4.74 Å². The molecule has 1 fully saturated rings. The van der Waals surface area contributed by atoms with Crippen molar-refractivity contribution >= 4 is 11.9 Å². The highest BCUT2D eigenvalue weighted by molar-refractivity contribution is 5.69. The van der Waals surface area contributed by atoms with Crippen LogP contribution in [0.4, 0.5) is 19.4 Å². The summed E-state index contributed by atoms with van der Waals surface area (Å²) in [4.78, 5) is 19.0. The molecule has 0 radical (unpaired) electrons. The highest BCUT2D eigenvalue weighted by Gasteiger charge is 2.32. The van der Waals surface area contributed by atoms with Gasteiger partial charge in [0.25, 0.3) is 0 Å². The van der Waals surface area contributed by atoms with E-state index in [-0.39, 0.29) is 11.9 Å². The molecule has 0 saturated carbocycles. The highest BCUT2D eigenvalue weighted by atomic mass is 19.1. The van der Waals surface area contributed by atoms with Gasteiger partial charge in [0, 0.05) is 25.7 Å². The topological polar surface area (TPSA) is 45.7 Å². The molecule has 1 aliphatic heterocycles. The monoisotopic (exact) mass is 313 g/mol. The van der Waals surface area contributed by atoms with Gasteiger partial charge in [0.05, 0.1) is 0 Å². The lowest BCUT2D eigenvalue weighted by Gasteiger charge is -2.40. The molecule has 0 unspecified atom stereocenters. The number of carbonyl (C=O) groups is 1. The van der Waals surface area contributed by atoms with E-state index in [9.17, 15) is 13.6 Å². The Morgan fingerprint density at radius 2 is 2.00 bits per heavy atom. The molecule has 5 nitrogen and oxygen atoms in total. The van der Waals surface area contributed by atoms with Gasteiger partial charge in [-0.15, -0.1) is 0 Å². The fraction of sp³-hybridized carbons (Fsp3) is 0.600. The Labute approximate surface area is 128 Å². The summed E-state index contributed by atoms with van der Waals surface area (Å²) in [5.74, 6) is -1.31. The second-order valence-electron chi connectivity index (χ2n) is 6.41. The third kappa shape index (κ3) is 3.84. The number of nitrogens with zero attached hydrogens (tertiary/aromatic N) is 3. The van der Waals surface area contributed by atoms with Crippen LogP contribution in [0.5, 0.6) is 0 Å². The van der Waals surface area contributed by atoms with Crippen LogP contribution >= 0.6 is 0 Å². The van der Waals surface area contributed by atoms with Crippen LogP contribution in [0.15, 0.2) is 12.1 Å². The normalized spacial score (nSPS) is 19.3. The molecule has 0 bridgehead atoms. The van der Waals surface area contributed by atoms with Crippen molar-refractivity contribution in [3.8, 4) is 0 Å². The molecule has 0 spiro atoms. The summed E-state index contributed by atoms with van der Waals surface area (Å²) < 4.78 is 32.3. The smallest absolute Gasteiger partial charge is 0.410 e. The maximum atomic E-state index is 13.8. The predicted octanol–water partition coefficient (Wildman–Crippen LogP) is 2.81. The number of aromatic nitrogens is 1. The Morgan fingerprint density at radius 1 is 1.32 bits per heavy atom. The molecule has 1 atom stereocenters. The van der Waals surface area contributed by atoms with Crippen LogP contribution in [-0.4, -0.2) is 47.3 Å². The second kappa shape index (κ2) is 6.06. The molecule has 22 heavy (non-hydrogen) atoms. The molecule has 2 heterocycles. The van der Waals surface area contributed by atoms with Crippen LogP contribution < -0.4 is 4.90 Å². The maximum Gasteiger partial charge on any atom is 0.410 e. The third-order valence-corrected chi connectivity index (χ3v) is 3.35. The molecule has 1 saturated heterocycles. The zero-order valence-electron chi connectivity index (χ0n) is 13.3. The Balaban J connectivity index is 2.06. The summed E-state index contributed by atoms with van der Waals surface area (Å²) in [7, 11) is 0. The van der Waals surface area contributed by atoms with E-state index in [0.717, 1.165) is 12.1 Å². The van der Waals surface area contributed by atoms with Gasteiger partial charge in [-0.2, -0.15) is 9.37 Å². The predicted molar refractivity (Wildman–Crippen MR) is 78.8 cm³/mol. The Hall–Kier alpha value is -1.92. The van der Waals surface area contributed by atoms with Gasteiger partial charge in [-0.05, 0) is 39.8 Å². The minimum Gasteiger partial charge on any atom is -0.444 e. The van der Waals surface area contributed by atoms with Crippen LogP contribution in [0.25, 0.3) is 0 Å². The highest BCUT2D eigenvalue weighted by Crippen LogP contribution is 2.22. The van der Waals surface area contributed by atoms with Gasteiger partial charge in [0.1, 0.15) is 5.60 Å². The van der Waals surface area contributed by atoms with Gasteiger partial charge >= 0.3 is 6.09 Å². The van der Waals surface area contributed by atoms with Crippen LogP contribution in [0, 0.1) is 11.8 Å². The molecule has 7 heteroatoms. The van der Waals surface area contributed by atoms with Gasteiger partial charge in [-0.25, -0.2) is 9.18 Å². The number of pyridine rings is 1. The number of hydrogen-bond acceptors (Lipinski definition) is 4. The molecule has 1 aromatic heterocycles. The van der Waals surface area contributed by atoms with Crippen molar-refractivity contribution in [1.29, 1.82) is 0 Å². The van der Waals surface area contributed by atoms with E-state index in [1.165, 1.54) is 0 Å². The van der Waals surface area contributed by atoms with E-state index in [2.05, 4.69) is 4.98 Å². The first kappa shape index (κ1) is 16.5. The maximum absolute atomic E-state index is 13.8. The molecule has 1 amide bonds. The lowest BCUT2D eigenvalue weighted by atomic mass is 10.2. The zero-order valence-corrected chi connectivity index (χ0v) is 13.3. The van der Waals surface area contributed by atoms with Crippen molar-refractivity contribution in [1.82, 2.24) is 9.88 Å². The molecule has 1 aliphatic rings. The summed E-state index contributed by atoms with van der Waals surface area (Å²) in [6, 6.07) is 1.86. The molecular weight excluding hydrogens is 292 g/mol. The van der Waals surface area contributed by atoms with Crippen molar-refractivity contribution in [2.75, 3.05) is 24.5 Å². The number of amides is 1. The van der Waals surface area contributed by atoms with Gasteiger partial charge in [0.2, 0.25) is 5.95 Å². The number of ether oxygens (including phenoxy) is 1. The average molecular weight is 313 g/mol. The van der Waals surface area contributed by atoms with E-state index < -0.39 is 23.5 Å². The zero-order chi connectivity index (χ0) is 16.5. The number of hydrogen-bond donors (Lipinski definition) is 0. The largest absolute Gasteiger partial charge is 0.444 e. The summed E-state index contributed by atoms with van der Waals surface area (Å²) in [5, 5.41) is 0. The number of anilines is 1. The molecule has 2 rings (SSSR count). The van der Waals surface area contributed by atoms with E-state index >= 15 is 0 Å². The van der Waals surface area contributed by atoms with Crippen LogP contribution in [0.1, 0.15) is 27.7 Å². The molecule has 0 aromatic carbocycles. The minimum atomic E-state index is -0.723. The first-order chi connectivity index (χ1) is 10.2. The summed E-state index contributed by atoms with van der Waals surface area (Å²) in [5.41, 5.74) is -0.565. The summed E-state index contributed by atoms with van der Waals surface area (Å²) in [6.07, 6.45) is -0.396. The lowest BCUT2D eigenvalue weighted by Crippen LogP contribution is -2.55. The number of carbonyl (C=O) groups excluding carboxylic acids is 1. The van der Waals surface area contributed by atoms with E-state index in [1.807, 2.05) is 6.92 Å². The van der Waals surface area contributed by atoms with Crippen LogP contribution in [0.3, 0.4) is 0 Å². The molecule has 1 aromatic rings. The van der Waals surface area contributed by atoms with Crippen molar-refractivity contribution in [2.45, 2.75) is 39.3 Å². The number of piperazine rings is 1. The van der Waals surface area contributed by atoms with Crippen molar-refractivity contribution in [3.05, 3.63) is 23.9 Å². The van der Waals surface area contributed by atoms with Crippen molar-refractivity contribution in [3.63, 3.8) is 0 Å². The fourth-order valence-corrected chi connectivity index (χ4v) is 2.37. The summed E-state index contributed by atoms with van der Waals surface area (Å²) in [6.45, 7) is 8.36. The Morgan fingerprint density at radius 3 is 2.59 bits per heavy atom. The lowest BCUT2D eigenvalue weighted by molar-refractivity contribution is 0.0158. The summed E-state index contributed by atoms with van der Waals surface area (Å²) >= 11 is 0. The van der Waals surface area contributed by atoms with E-state index in [1.54, 1.807) is 30.6 Å². The first-order valence-electron chi connectivity index (χ1n) is 7.24. The fourth-order valence-electron chi connectivity index (χ4n) is 2.37. The Kier molecular flexibility index (Phi) is 4.53. The third-order valence-electron chi connectivity index (χ3n) is 3.35. The second-order valence-corrected chi connectivity index (χ2v) is 6.41. The standard InChI is InChI=1S/C15H21F2N3O2/c1-10-9-19(13-11(16)5-6-12(17)18-13)7-8-20(10)14(21)22-15(2,3)4/h5-6,10H,7-9H2,1-4H3/t10-/m0/s1. The van der Waals surface area contributed by atoms with Crippen molar-refractivity contribution in [2.24, 2.45) is 0 Å². The average Bonchev–Trinajstić information content (AvgIpc) is 2.39. The molecule has 0 aliphatic carbocycles. The molecule has 122 valence electrons. The van der Waals surface area contributed by atoms with E-state index in [0.29, 0.717) is 19.6 Å². The van der Waals surface area contributed by atoms with Gasteiger partial charge in [-0.1, -0.05) is 0 Å². The Bertz CT molecular complexity index is 560. The van der Waals surface area contributed by atoms with Gasteiger partial charge in [0.15, 0.2) is 11.6 Å². The molecule has 0 N–H and O–H groups in total. The number of rotatable bonds is 1. The SMILES string of the molecule is C[C@H]1CN(c2nc(F)ccc2F)CCN1C(=O)OC(C)(C)C. The quantitative estimate of drug-likeness (QED) is 0.748. The molecular formula is C15H21F2N3O2.